The van der Waals surface area contributed by atoms with Crippen molar-refractivity contribution in [3.63, 3.8) is 0 Å². The number of ether oxygens (including phenoxy) is 1. The second-order valence-electron chi connectivity index (χ2n) is 5.43. The molecule has 0 aliphatic heterocycles. The average molecular weight is 279 g/mol. The second-order valence-corrected chi connectivity index (χ2v) is 5.43. The number of carbonyl (C=O) groups is 2. The van der Waals surface area contributed by atoms with Crippen LogP contribution in [0.15, 0.2) is 18.2 Å². The molecule has 1 aromatic rings. The third kappa shape index (κ3) is 5.17. The molecule has 0 radical (unpaired) electrons. The highest BCUT2D eigenvalue weighted by Gasteiger charge is 2.15. The van der Waals surface area contributed by atoms with Gasteiger partial charge in [-0.05, 0) is 39.0 Å². The number of urea groups is 1. The number of anilines is 2. The van der Waals surface area contributed by atoms with Gasteiger partial charge in [0.15, 0.2) is 0 Å². The second kappa shape index (κ2) is 6.27. The van der Waals surface area contributed by atoms with Gasteiger partial charge >= 0.3 is 6.03 Å². The highest BCUT2D eigenvalue weighted by Crippen LogP contribution is 2.27. The quantitative estimate of drug-likeness (QED) is 0.795. The Morgan fingerprint density at radius 2 is 1.80 bits per heavy atom. The summed E-state index contributed by atoms with van der Waals surface area (Å²) in [4.78, 5) is 22.9. The van der Waals surface area contributed by atoms with Crippen molar-refractivity contribution in [2.24, 2.45) is 0 Å². The van der Waals surface area contributed by atoms with Gasteiger partial charge in [0.2, 0.25) is 5.91 Å². The van der Waals surface area contributed by atoms with Crippen LogP contribution in [0.25, 0.3) is 0 Å². The van der Waals surface area contributed by atoms with Crippen LogP contribution in [0.3, 0.4) is 0 Å². The molecule has 0 aliphatic carbocycles. The molecular formula is C14H21N3O3. The first kappa shape index (κ1) is 15.8. The molecular weight excluding hydrogens is 258 g/mol. The normalized spacial score (nSPS) is 10.7. The summed E-state index contributed by atoms with van der Waals surface area (Å²) >= 11 is 0. The highest BCUT2D eigenvalue weighted by atomic mass is 16.5. The van der Waals surface area contributed by atoms with Crippen molar-refractivity contribution in [3.05, 3.63) is 18.2 Å². The van der Waals surface area contributed by atoms with Gasteiger partial charge in [0.25, 0.3) is 0 Å². The van der Waals surface area contributed by atoms with E-state index in [1.165, 1.54) is 14.0 Å². The number of methoxy groups -OCH3 is 1. The zero-order valence-corrected chi connectivity index (χ0v) is 12.5. The average Bonchev–Trinajstić information content (AvgIpc) is 2.25. The molecule has 0 unspecified atom stereocenters. The van der Waals surface area contributed by atoms with E-state index in [1.807, 2.05) is 20.8 Å². The van der Waals surface area contributed by atoms with Crippen LogP contribution in [0.2, 0.25) is 0 Å². The lowest BCUT2D eigenvalue weighted by atomic mass is 10.1. The third-order valence-electron chi connectivity index (χ3n) is 2.26. The minimum Gasteiger partial charge on any atom is -0.495 e. The zero-order valence-electron chi connectivity index (χ0n) is 12.5. The molecule has 6 nitrogen and oxygen atoms in total. The number of nitrogens with one attached hydrogen (secondary N) is 3. The largest absolute Gasteiger partial charge is 0.495 e. The van der Waals surface area contributed by atoms with Gasteiger partial charge in [0.1, 0.15) is 5.75 Å². The van der Waals surface area contributed by atoms with E-state index < -0.39 is 0 Å². The Balaban J connectivity index is 2.91. The standard InChI is InChI=1S/C14H21N3O3/c1-9(18)15-10-6-7-12(20-5)11(8-10)16-13(19)17-14(2,3)4/h6-8H,1-5H3,(H,15,18)(H2,16,17,19). The van der Waals surface area contributed by atoms with Crippen LogP contribution in [-0.2, 0) is 4.79 Å². The molecule has 3 N–H and O–H groups in total. The number of benzene rings is 1. The van der Waals surface area contributed by atoms with Crippen molar-refractivity contribution in [2.75, 3.05) is 17.7 Å². The third-order valence-corrected chi connectivity index (χ3v) is 2.26. The van der Waals surface area contributed by atoms with Crippen LogP contribution in [0.1, 0.15) is 27.7 Å². The van der Waals surface area contributed by atoms with Crippen LogP contribution in [0.5, 0.6) is 5.75 Å². The fraction of sp³-hybridized carbons (Fsp3) is 0.429. The van der Waals surface area contributed by atoms with Crippen LogP contribution in [0, 0.1) is 0 Å². The summed E-state index contributed by atoms with van der Waals surface area (Å²) in [6.07, 6.45) is 0. The number of hydrogen-bond donors (Lipinski definition) is 3. The van der Waals surface area contributed by atoms with Crippen LogP contribution >= 0.6 is 0 Å². The van der Waals surface area contributed by atoms with Gasteiger partial charge in [-0.3, -0.25) is 4.79 Å². The van der Waals surface area contributed by atoms with Crippen molar-refractivity contribution >= 4 is 23.3 Å². The van der Waals surface area contributed by atoms with E-state index >= 15 is 0 Å². The van der Waals surface area contributed by atoms with Crippen molar-refractivity contribution in [3.8, 4) is 5.75 Å². The topological polar surface area (TPSA) is 79.5 Å². The molecule has 0 heterocycles. The maximum atomic E-state index is 11.9. The number of rotatable bonds is 3. The fourth-order valence-electron chi connectivity index (χ4n) is 1.58. The molecule has 20 heavy (non-hydrogen) atoms. The summed E-state index contributed by atoms with van der Waals surface area (Å²) in [5.41, 5.74) is 0.733. The minimum absolute atomic E-state index is 0.180. The summed E-state index contributed by atoms with van der Waals surface area (Å²) in [5.74, 6) is 0.337. The fourth-order valence-corrected chi connectivity index (χ4v) is 1.58. The molecule has 0 spiro atoms. The lowest BCUT2D eigenvalue weighted by molar-refractivity contribution is -0.114. The Morgan fingerprint density at radius 1 is 1.15 bits per heavy atom. The summed E-state index contributed by atoms with van der Waals surface area (Å²) in [5, 5.41) is 8.14. The van der Waals surface area contributed by atoms with Gasteiger partial charge in [0.05, 0.1) is 12.8 Å². The summed E-state index contributed by atoms with van der Waals surface area (Å²) in [6.45, 7) is 7.08. The Morgan fingerprint density at radius 3 is 2.30 bits per heavy atom. The maximum Gasteiger partial charge on any atom is 0.319 e. The van der Waals surface area contributed by atoms with Crippen molar-refractivity contribution < 1.29 is 14.3 Å². The first-order chi connectivity index (χ1) is 9.21. The van der Waals surface area contributed by atoms with E-state index in [1.54, 1.807) is 18.2 Å². The van der Waals surface area contributed by atoms with E-state index in [0.717, 1.165) is 0 Å². The molecule has 0 aliphatic rings. The molecule has 3 amide bonds. The number of hydrogen-bond acceptors (Lipinski definition) is 3. The van der Waals surface area contributed by atoms with Gasteiger partial charge < -0.3 is 20.7 Å². The molecule has 110 valence electrons. The molecule has 0 aromatic heterocycles. The molecule has 0 saturated heterocycles. The summed E-state index contributed by atoms with van der Waals surface area (Å²) in [6, 6.07) is 4.68. The lowest BCUT2D eigenvalue weighted by Gasteiger charge is -2.21. The summed E-state index contributed by atoms with van der Waals surface area (Å²) < 4.78 is 5.18. The van der Waals surface area contributed by atoms with Crippen LogP contribution in [-0.4, -0.2) is 24.6 Å². The van der Waals surface area contributed by atoms with Gasteiger partial charge in [-0.2, -0.15) is 0 Å². The van der Waals surface area contributed by atoms with E-state index in [-0.39, 0.29) is 17.5 Å². The minimum atomic E-state index is -0.341. The van der Waals surface area contributed by atoms with Crippen molar-refractivity contribution in [2.45, 2.75) is 33.2 Å². The van der Waals surface area contributed by atoms with Crippen molar-refractivity contribution in [1.29, 1.82) is 0 Å². The SMILES string of the molecule is COc1ccc(NC(C)=O)cc1NC(=O)NC(C)(C)C. The van der Waals surface area contributed by atoms with Crippen molar-refractivity contribution in [1.82, 2.24) is 5.32 Å². The first-order valence-electron chi connectivity index (χ1n) is 6.26. The molecule has 6 heteroatoms. The zero-order chi connectivity index (χ0) is 15.3. The van der Waals surface area contributed by atoms with Gasteiger partial charge in [0, 0.05) is 18.2 Å². The molecule has 1 aromatic carbocycles. The smallest absolute Gasteiger partial charge is 0.319 e. The van der Waals surface area contributed by atoms with Crippen LogP contribution < -0.4 is 20.7 Å². The first-order valence-corrected chi connectivity index (χ1v) is 6.26. The monoisotopic (exact) mass is 279 g/mol. The van der Waals surface area contributed by atoms with E-state index in [2.05, 4.69) is 16.0 Å². The van der Waals surface area contributed by atoms with Gasteiger partial charge in [-0.15, -0.1) is 0 Å². The molecule has 0 saturated carbocycles. The van der Waals surface area contributed by atoms with E-state index in [0.29, 0.717) is 17.1 Å². The predicted molar refractivity (Wildman–Crippen MR) is 79.2 cm³/mol. The van der Waals surface area contributed by atoms with Gasteiger partial charge in [-0.1, -0.05) is 0 Å². The Kier molecular flexibility index (Phi) is 4.96. The molecule has 0 fully saturated rings. The highest BCUT2D eigenvalue weighted by molar-refractivity contribution is 5.94. The molecule has 0 bridgehead atoms. The molecule has 1 rings (SSSR count). The maximum absolute atomic E-state index is 11.9. The molecule has 0 atom stereocenters. The van der Waals surface area contributed by atoms with Gasteiger partial charge in [-0.25, -0.2) is 4.79 Å². The van der Waals surface area contributed by atoms with E-state index in [9.17, 15) is 9.59 Å². The Labute approximate surface area is 118 Å². The Hall–Kier alpha value is -2.24. The Bertz CT molecular complexity index is 507. The van der Waals surface area contributed by atoms with E-state index in [4.69, 9.17) is 4.74 Å². The predicted octanol–water partition coefficient (Wildman–Crippen LogP) is 2.57. The van der Waals surface area contributed by atoms with Crippen LogP contribution in [0.4, 0.5) is 16.2 Å². The number of amides is 3. The lowest BCUT2D eigenvalue weighted by Crippen LogP contribution is -2.43. The number of carbonyl (C=O) groups excluding carboxylic acids is 2. The summed E-state index contributed by atoms with van der Waals surface area (Å²) in [7, 11) is 1.51.